The molecule has 292 valence electrons. The van der Waals surface area contributed by atoms with E-state index in [1.54, 1.807) is 4.90 Å². The number of fused-ring (bicyclic) bond motifs is 1. The van der Waals surface area contributed by atoms with Crippen LogP contribution in [0.1, 0.15) is 125 Å². The van der Waals surface area contributed by atoms with Crippen LogP contribution in [0.5, 0.6) is 0 Å². The average Bonchev–Trinajstić information content (AvgIpc) is 3.25. The number of amides is 5. The zero-order valence-electron chi connectivity index (χ0n) is 33.0. The summed E-state index contributed by atoms with van der Waals surface area (Å²) in [5.74, 6) is -2.50. The zero-order valence-corrected chi connectivity index (χ0v) is 33.0. The molecule has 6 fully saturated rings. The Morgan fingerprint density at radius 1 is 0.846 bits per heavy atom. The summed E-state index contributed by atoms with van der Waals surface area (Å²) in [5.41, 5.74) is 4.86. The smallest absolute Gasteiger partial charge is 0.315 e. The molecule has 0 radical (unpaired) electrons. The van der Waals surface area contributed by atoms with Crippen LogP contribution in [-0.4, -0.2) is 113 Å². The van der Waals surface area contributed by atoms with Crippen LogP contribution in [0.25, 0.3) is 0 Å². The van der Waals surface area contributed by atoms with Gasteiger partial charge in [-0.3, -0.25) is 29.0 Å². The molecule has 12 nitrogen and oxygen atoms in total. The van der Waals surface area contributed by atoms with Crippen molar-refractivity contribution in [3.8, 4) is 0 Å². The van der Waals surface area contributed by atoms with Gasteiger partial charge in [0, 0.05) is 43.7 Å². The fraction of sp³-hybridized carbons (Fsp3) is 0.875. The number of hydrogen-bond acceptors (Lipinski definition) is 7. The standard InChI is InChI=1S/C40H67N7O5/c1-25(2)31(43-36(52)44-38(15-9-8-10-16-38)23-46-21-26(3)45(7)27(4)22-46)35(51)47-24-40(37(5,6)39(40)17-12-18-39)20-30(47)34(50)42-29(32(48)33(41)49)19-28-13-11-14-28/h25-31H,8-24H2,1-7H3,(H2,41,49)(H,42,50)(H2,43,44,52)/t26-,27+,29?,30-,31-,40+/m0/s1. The highest BCUT2D eigenvalue weighted by Crippen LogP contribution is 2.88. The summed E-state index contributed by atoms with van der Waals surface area (Å²) in [6, 6.07) is -2.15. The number of Topliss-reactive ketones (excluding diaryl/α,β-unsaturated/α-hetero) is 1. The molecule has 2 aliphatic heterocycles. The Bertz CT molecular complexity index is 1390. The molecule has 4 saturated carbocycles. The molecular formula is C40H67N7O5. The minimum atomic E-state index is -1.06. The van der Waals surface area contributed by atoms with Gasteiger partial charge < -0.3 is 26.6 Å². The SMILES string of the molecule is CC(C)[C@H](NC(=O)NC1(CN2C[C@@H](C)N(C)[C@@H](C)C2)CCCCC1)C(=O)N1C[C@]2(C[C@H]1C(=O)NC(CC1CCC1)C(=O)C(N)=O)C(C)(C)C21CCC1. The molecule has 0 aromatic rings. The molecular weight excluding hydrogens is 658 g/mol. The van der Waals surface area contributed by atoms with Gasteiger partial charge in [-0.15, -0.1) is 0 Å². The van der Waals surface area contributed by atoms with Crippen molar-refractivity contribution in [1.82, 2.24) is 30.7 Å². The molecule has 5 N–H and O–H groups in total. The van der Waals surface area contributed by atoms with E-state index in [2.05, 4.69) is 60.5 Å². The number of nitrogens with zero attached hydrogens (tertiary/aromatic N) is 3. The van der Waals surface area contributed by atoms with Crippen LogP contribution in [0.3, 0.4) is 0 Å². The molecule has 12 heteroatoms. The van der Waals surface area contributed by atoms with Crippen LogP contribution in [0, 0.1) is 28.1 Å². The summed E-state index contributed by atoms with van der Waals surface area (Å²) in [7, 11) is 2.18. The molecule has 2 heterocycles. The Hall–Kier alpha value is -2.73. The number of piperazine rings is 1. The van der Waals surface area contributed by atoms with Gasteiger partial charge in [0.2, 0.25) is 17.6 Å². The highest BCUT2D eigenvalue weighted by molar-refractivity contribution is 6.37. The number of rotatable bonds is 12. The number of ketones is 1. The average molecular weight is 726 g/mol. The third kappa shape index (κ3) is 6.77. The van der Waals surface area contributed by atoms with Crippen LogP contribution in [-0.2, 0) is 19.2 Å². The maximum Gasteiger partial charge on any atom is 0.315 e. The lowest BCUT2D eigenvalue weighted by atomic mass is 9.73. The highest BCUT2D eigenvalue weighted by Gasteiger charge is 2.85. The number of carbonyl (C=O) groups excluding carboxylic acids is 5. The van der Waals surface area contributed by atoms with Crippen molar-refractivity contribution in [2.24, 2.45) is 33.8 Å². The molecule has 52 heavy (non-hydrogen) atoms. The molecule has 0 aromatic carbocycles. The summed E-state index contributed by atoms with van der Waals surface area (Å²) in [6.07, 6.45) is 12.2. The van der Waals surface area contributed by atoms with E-state index in [0.717, 1.165) is 90.3 Å². The molecule has 0 aromatic heterocycles. The van der Waals surface area contributed by atoms with Gasteiger partial charge in [-0.1, -0.05) is 72.6 Å². The molecule has 6 aliphatic rings. The fourth-order valence-corrected chi connectivity index (χ4v) is 11.5. The lowest BCUT2D eigenvalue weighted by Crippen LogP contribution is -2.64. The molecule has 1 unspecified atom stereocenters. The van der Waals surface area contributed by atoms with Gasteiger partial charge in [0.15, 0.2) is 0 Å². The maximum atomic E-state index is 14.8. The number of carbonyl (C=O) groups is 5. The third-order valence-electron chi connectivity index (χ3n) is 15.4. The molecule has 6 rings (SSSR count). The van der Waals surface area contributed by atoms with Crippen molar-refractivity contribution in [3.63, 3.8) is 0 Å². The van der Waals surface area contributed by atoms with Crippen molar-refractivity contribution < 1.29 is 24.0 Å². The van der Waals surface area contributed by atoms with Crippen LogP contribution >= 0.6 is 0 Å². The maximum absolute atomic E-state index is 14.8. The zero-order chi connectivity index (χ0) is 37.8. The van der Waals surface area contributed by atoms with Gasteiger partial charge in [0.1, 0.15) is 12.1 Å². The van der Waals surface area contributed by atoms with Crippen LogP contribution in [0.2, 0.25) is 0 Å². The van der Waals surface area contributed by atoms with Gasteiger partial charge in [-0.2, -0.15) is 0 Å². The topological polar surface area (TPSA) is 157 Å². The quantitative estimate of drug-likeness (QED) is 0.224. The lowest BCUT2D eigenvalue weighted by Gasteiger charge is -2.47. The van der Waals surface area contributed by atoms with Crippen LogP contribution in [0.15, 0.2) is 0 Å². The van der Waals surface area contributed by atoms with E-state index in [0.29, 0.717) is 31.5 Å². The molecule has 2 spiro atoms. The third-order valence-corrected chi connectivity index (χ3v) is 15.4. The molecule has 4 aliphatic carbocycles. The first-order valence-corrected chi connectivity index (χ1v) is 20.4. The first-order valence-electron chi connectivity index (χ1n) is 20.4. The largest absolute Gasteiger partial charge is 0.363 e. The molecule has 6 atom stereocenters. The van der Waals surface area contributed by atoms with E-state index in [4.69, 9.17) is 5.73 Å². The number of likely N-dealkylation sites (N-methyl/N-ethyl adjacent to an activating group) is 1. The molecule has 0 bridgehead atoms. The van der Waals surface area contributed by atoms with Gasteiger partial charge >= 0.3 is 6.03 Å². The number of primary amides is 1. The van der Waals surface area contributed by atoms with Gasteiger partial charge in [0.05, 0.1) is 11.6 Å². The number of nitrogens with two attached hydrogens (primary N) is 1. The van der Waals surface area contributed by atoms with E-state index < -0.39 is 35.7 Å². The number of urea groups is 1. The van der Waals surface area contributed by atoms with Crippen LogP contribution in [0.4, 0.5) is 4.79 Å². The van der Waals surface area contributed by atoms with E-state index in [-0.39, 0.29) is 45.6 Å². The molecule has 2 saturated heterocycles. The van der Waals surface area contributed by atoms with Crippen molar-refractivity contribution in [1.29, 1.82) is 0 Å². The van der Waals surface area contributed by atoms with Crippen molar-refractivity contribution >= 4 is 29.5 Å². The predicted molar refractivity (Wildman–Crippen MR) is 200 cm³/mol. The van der Waals surface area contributed by atoms with Gasteiger partial charge in [-0.25, -0.2) is 4.79 Å². The second-order valence-electron chi connectivity index (χ2n) is 18.9. The predicted octanol–water partition coefficient (Wildman–Crippen LogP) is 3.56. The van der Waals surface area contributed by atoms with E-state index >= 15 is 0 Å². The Balaban J connectivity index is 1.20. The number of nitrogens with one attached hydrogen (secondary N) is 3. The van der Waals surface area contributed by atoms with Gasteiger partial charge in [0.25, 0.3) is 5.91 Å². The minimum absolute atomic E-state index is 0.0517. The second-order valence-corrected chi connectivity index (χ2v) is 18.9. The first kappa shape index (κ1) is 39.0. The molecule has 5 amide bonds. The summed E-state index contributed by atoms with van der Waals surface area (Å²) in [6.45, 7) is 16.0. The fourth-order valence-electron chi connectivity index (χ4n) is 11.5. The monoisotopic (exact) mass is 726 g/mol. The summed E-state index contributed by atoms with van der Waals surface area (Å²) >= 11 is 0. The highest BCUT2D eigenvalue weighted by atomic mass is 16.2. The lowest BCUT2D eigenvalue weighted by molar-refractivity contribution is -0.142. The Morgan fingerprint density at radius 2 is 1.48 bits per heavy atom. The second kappa shape index (κ2) is 14.5. The Morgan fingerprint density at radius 3 is 1.98 bits per heavy atom. The van der Waals surface area contributed by atoms with Crippen LogP contribution < -0.4 is 21.7 Å². The normalized spacial score (nSPS) is 32.1. The van der Waals surface area contributed by atoms with E-state index in [9.17, 15) is 24.0 Å². The van der Waals surface area contributed by atoms with E-state index in [1.807, 2.05) is 13.8 Å². The van der Waals surface area contributed by atoms with Crippen molar-refractivity contribution in [2.45, 2.75) is 161 Å². The van der Waals surface area contributed by atoms with Gasteiger partial charge in [-0.05, 0) is 82.1 Å². The Labute approximate surface area is 311 Å². The summed E-state index contributed by atoms with van der Waals surface area (Å²) in [5, 5.41) is 9.41. The van der Waals surface area contributed by atoms with Crippen molar-refractivity contribution in [3.05, 3.63) is 0 Å². The minimum Gasteiger partial charge on any atom is -0.363 e. The summed E-state index contributed by atoms with van der Waals surface area (Å²) in [4.78, 5) is 74.7. The Kier molecular flexibility index (Phi) is 10.9. The van der Waals surface area contributed by atoms with Crippen molar-refractivity contribution in [2.75, 3.05) is 33.2 Å². The number of hydrogen-bond donors (Lipinski definition) is 4. The van der Waals surface area contributed by atoms with E-state index in [1.165, 1.54) is 0 Å². The number of likely N-dealkylation sites (tertiary alicyclic amines) is 1. The summed E-state index contributed by atoms with van der Waals surface area (Å²) < 4.78 is 0. The first-order chi connectivity index (χ1) is 24.5.